The molecule has 4 rings (SSSR count). The maximum absolute atomic E-state index is 13.0. The van der Waals surface area contributed by atoms with Crippen molar-refractivity contribution in [1.82, 2.24) is 4.90 Å². The summed E-state index contributed by atoms with van der Waals surface area (Å²) in [7, 11) is 0. The zero-order valence-corrected chi connectivity index (χ0v) is 16.7. The number of carbonyl (C=O) groups excluding carboxylic acids is 1. The summed E-state index contributed by atoms with van der Waals surface area (Å²) in [5, 5.41) is 4.18. The van der Waals surface area contributed by atoms with E-state index in [1.54, 1.807) is 22.7 Å². The molecule has 0 fully saturated rings. The van der Waals surface area contributed by atoms with Crippen LogP contribution in [0.3, 0.4) is 0 Å². The number of thiophene rings is 2. The molecule has 27 heavy (non-hydrogen) atoms. The highest BCUT2D eigenvalue weighted by atomic mass is 32.1. The Balaban J connectivity index is 1.53. The first-order valence-electron chi connectivity index (χ1n) is 9.01. The Kier molecular flexibility index (Phi) is 5.45. The molecule has 0 saturated carbocycles. The van der Waals surface area contributed by atoms with Gasteiger partial charge in [-0.15, -0.1) is 22.7 Å². The fourth-order valence-electron chi connectivity index (χ4n) is 3.41. The third-order valence-corrected chi connectivity index (χ3v) is 6.52. The number of nitrogens with zero attached hydrogens (tertiary/aromatic N) is 1. The third kappa shape index (κ3) is 3.73. The Bertz CT molecular complexity index is 904. The van der Waals surface area contributed by atoms with Crippen molar-refractivity contribution in [3.8, 4) is 11.5 Å². The van der Waals surface area contributed by atoms with Crippen LogP contribution >= 0.6 is 22.7 Å². The second kappa shape index (κ2) is 8.15. The number of rotatable bonds is 6. The van der Waals surface area contributed by atoms with Crippen molar-refractivity contribution < 1.29 is 14.3 Å². The predicted molar refractivity (Wildman–Crippen MR) is 109 cm³/mol. The van der Waals surface area contributed by atoms with Crippen LogP contribution in [0.2, 0.25) is 0 Å². The van der Waals surface area contributed by atoms with Gasteiger partial charge in [0.25, 0.3) is 5.91 Å². The van der Waals surface area contributed by atoms with Gasteiger partial charge in [-0.3, -0.25) is 4.79 Å². The molecule has 2 aromatic heterocycles. The van der Waals surface area contributed by atoms with Crippen LogP contribution in [-0.2, 0) is 11.2 Å². The molecule has 0 radical (unpaired) electrons. The second-order valence-corrected chi connectivity index (χ2v) is 8.20. The van der Waals surface area contributed by atoms with Crippen molar-refractivity contribution in [3.05, 3.63) is 68.5 Å². The van der Waals surface area contributed by atoms with Crippen LogP contribution in [-0.4, -0.2) is 30.6 Å². The standard InChI is InChI=1S/C21H21NO3S2/c1-2-24-16-6-3-4-7-17(16)25-14-20(23)22-11-9-18-15(10-13-27-18)21(22)19-8-5-12-26-19/h3-8,10,12-13,21H,2,9,11,14H2,1H3/t21-/m0/s1. The molecule has 1 aromatic carbocycles. The quantitative estimate of drug-likeness (QED) is 0.600. The minimum atomic E-state index is -0.0155. The lowest BCUT2D eigenvalue weighted by Crippen LogP contribution is -2.42. The zero-order valence-electron chi connectivity index (χ0n) is 15.1. The fraction of sp³-hybridized carbons (Fsp3) is 0.286. The van der Waals surface area contributed by atoms with Gasteiger partial charge in [0.1, 0.15) is 0 Å². The lowest BCUT2D eigenvalue weighted by Gasteiger charge is -2.35. The molecule has 0 unspecified atom stereocenters. The van der Waals surface area contributed by atoms with Gasteiger partial charge >= 0.3 is 0 Å². The van der Waals surface area contributed by atoms with Crippen LogP contribution < -0.4 is 9.47 Å². The van der Waals surface area contributed by atoms with E-state index in [2.05, 4.69) is 22.9 Å². The normalized spacial score (nSPS) is 16.0. The van der Waals surface area contributed by atoms with Crippen LogP contribution in [0.15, 0.2) is 53.2 Å². The Labute approximate surface area is 167 Å². The Morgan fingerprint density at radius 1 is 1.07 bits per heavy atom. The van der Waals surface area contributed by atoms with Gasteiger partial charge in [0.2, 0.25) is 0 Å². The monoisotopic (exact) mass is 399 g/mol. The van der Waals surface area contributed by atoms with E-state index in [0.717, 1.165) is 6.42 Å². The molecule has 6 heteroatoms. The summed E-state index contributed by atoms with van der Waals surface area (Å²) in [5.74, 6) is 1.27. The largest absolute Gasteiger partial charge is 0.490 e. The smallest absolute Gasteiger partial charge is 0.261 e. The van der Waals surface area contributed by atoms with E-state index >= 15 is 0 Å². The number of hydrogen-bond donors (Lipinski definition) is 0. The summed E-state index contributed by atoms with van der Waals surface area (Å²) in [6, 6.07) is 13.8. The minimum Gasteiger partial charge on any atom is -0.490 e. The number of carbonyl (C=O) groups is 1. The van der Waals surface area contributed by atoms with Gasteiger partial charge < -0.3 is 14.4 Å². The average molecular weight is 400 g/mol. The summed E-state index contributed by atoms with van der Waals surface area (Å²) in [6.45, 7) is 3.21. The first-order chi connectivity index (χ1) is 13.3. The van der Waals surface area contributed by atoms with Crippen molar-refractivity contribution in [2.45, 2.75) is 19.4 Å². The van der Waals surface area contributed by atoms with Gasteiger partial charge in [-0.1, -0.05) is 18.2 Å². The first kappa shape index (κ1) is 18.1. The van der Waals surface area contributed by atoms with Crippen LogP contribution in [0.4, 0.5) is 0 Å². The molecule has 0 saturated heterocycles. The number of amides is 1. The van der Waals surface area contributed by atoms with E-state index in [4.69, 9.17) is 9.47 Å². The zero-order chi connectivity index (χ0) is 18.6. The number of hydrogen-bond acceptors (Lipinski definition) is 5. The molecule has 1 aliphatic rings. The number of para-hydroxylation sites is 2. The van der Waals surface area contributed by atoms with Crippen molar-refractivity contribution >= 4 is 28.6 Å². The van der Waals surface area contributed by atoms with Crippen molar-refractivity contribution in [2.75, 3.05) is 19.8 Å². The van der Waals surface area contributed by atoms with Crippen molar-refractivity contribution in [2.24, 2.45) is 0 Å². The Morgan fingerprint density at radius 3 is 2.63 bits per heavy atom. The summed E-state index contributed by atoms with van der Waals surface area (Å²) in [5.41, 5.74) is 1.25. The van der Waals surface area contributed by atoms with Gasteiger partial charge in [0, 0.05) is 16.3 Å². The van der Waals surface area contributed by atoms with Crippen LogP contribution in [0, 0.1) is 0 Å². The molecule has 4 nitrogen and oxygen atoms in total. The van der Waals surface area contributed by atoms with Gasteiger partial charge in [-0.25, -0.2) is 0 Å². The first-order valence-corrected chi connectivity index (χ1v) is 10.8. The van der Waals surface area contributed by atoms with Gasteiger partial charge in [-0.2, -0.15) is 0 Å². The Hall–Kier alpha value is -2.31. The lowest BCUT2D eigenvalue weighted by molar-refractivity contribution is -0.135. The second-order valence-electron chi connectivity index (χ2n) is 6.22. The van der Waals surface area contributed by atoms with Crippen LogP contribution in [0.5, 0.6) is 11.5 Å². The van der Waals surface area contributed by atoms with E-state index in [9.17, 15) is 4.79 Å². The summed E-state index contributed by atoms with van der Waals surface area (Å²) in [6.07, 6.45) is 0.899. The molecule has 1 amide bonds. The highest BCUT2D eigenvalue weighted by Gasteiger charge is 2.33. The number of benzene rings is 1. The molecule has 140 valence electrons. The molecule has 0 spiro atoms. The van der Waals surface area contributed by atoms with Gasteiger partial charge in [-0.05, 0) is 53.9 Å². The van der Waals surface area contributed by atoms with Crippen molar-refractivity contribution in [1.29, 1.82) is 0 Å². The highest BCUT2D eigenvalue weighted by Crippen LogP contribution is 2.39. The molecule has 0 N–H and O–H groups in total. The maximum Gasteiger partial charge on any atom is 0.261 e. The van der Waals surface area contributed by atoms with Crippen LogP contribution in [0.25, 0.3) is 0 Å². The summed E-state index contributed by atoms with van der Waals surface area (Å²) < 4.78 is 11.4. The number of ether oxygens (including phenoxy) is 2. The summed E-state index contributed by atoms with van der Waals surface area (Å²) in [4.78, 5) is 17.6. The molecular formula is C21H21NO3S2. The predicted octanol–water partition coefficient (Wildman–Crippen LogP) is 4.76. The van der Waals surface area contributed by atoms with E-state index in [1.165, 1.54) is 15.3 Å². The molecule has 1 atom stereocenters. The highest BCUT2D eigenvalue weighted by molar-refractivity contribution is 7.10. The maximum atomic E-state index is 13.0. The van der Waals surface area contributed by atoms with E-state index in [1.807, 2.05) is 42.2 Å². The SMILES string of the molecule is CCOc1ccccc1OCC(=O)N1CCc2sccc2[C@H]1c1cccs1. The van der Waals surface area contributed by atoms with Crippen LogP contribution in [0.1, 0.15) is 28.3 Å². The van der Waals surface area contributed by atoms with Gasteiger partial charge in [0.15, 0.2) is 18.1 Å². The molecule has 1 aliphatic heterocycles. The van der Waals surface area contributed by atoms with Gasteiger partial charge in [0.05, 0.1) is 12.6 Å². The molecule has 0 aliphatic carbocycles. The van der Waals surface area contributed by atoms with E-state index in [-0.39, 0.29) is 18.6 Å². The third-order valence-electron chi connectivity index (χ3n) is 4.60. The average Bonchev–Trinajstić information content (AvgIpc) is 3.38. The molecule has 0 bridgehead atoms. The molecule has 3 heterocycles. The fourth-order valence-corrected chi connectivity index (χ4v) is 5.16. The molecular weight excluding hydrogens is 378 g/mol. The molecule has 3 aromatic rings. The van der Waals surface area contributed by atoms with E-state index in [0.29, 0.717) is 24.7 Å². The number of fused-ring (bicyclic) bond motifs is 1. The topological polar surface area (TPSA) is 38.8 Å². The van der Waals surface area contributed by atoms with Crippen molar-refractivity contribution in [3.63, 3.8) is 0 Å². The Morgan fingerprint density at radius 2 is 1.89 bits per heavy atom. The minimum absolute atomic E-state index is 0.00319. The van der Waals surface area contributed by atoms with E-state index < -0.39 is 0 Å². The lowest BCUT2D eigenvalue weighted by atomic mass is 9.98. The summed E-state index contributed by atoms with van der Waals surface area (Å²) >= 11 is 3.47.